The van der Waals surface area contributed by atoms with Crippen molar-refractivity contribution >= 4 is 27.6 Å². The van der Waals surface area contributed by atoms with E-state index in [1.54, 1.807) is 12.1 Å². The number of primary sulfonamides is 1. The minimum absolute atomic E-state index is 0.0995. The van der Waals surface area contributed by atoms with Crippen molar-refractivity contribution < 1.29 is 8.42 Å². The van der Waals surface area contributed by atoms with E-state index in [1.807, 2.05) is 25.1 Å². The van der Waals surface area contributed by atoms with Gasteiger partial charge in [-0.25, -0.2) is 18.5 Å². The molecule has 1 aliphatic rings. The van der Waals surface area contributed by atoms with E-state index in [-0.39, 0.29) is 10.3 Å². The number of aliphatic imine (C=N–C) groups is 1. The standard InChI is InChI=1S/C20H25ClN4O2S/c1-2-23-19(24-13-15-6-8-18(9-7-15)28(22,26)27)25-14-20(10-11-20)16-4-3-5-17(21)12-16/h3-9,12H,2,10-11,13-14H2,1H3,(H2,22,26,27)(H2,23,24,25). The molecule has 6 nitrogen and oxygen atoms in total. The molecule has 0 spiro atoms. The minimum atomic E-state index is -3.68. The smallest absolute Gasteiger partial charge is 0.238 e. The van der Waals surface area contributed by atoms with Crippen LogP contribution < -0.4 is 15.8 Å². The van der Waals surface area contributed by atoms with Crippen LogP contribution in [0.25, 0.3) is 0 Å². The number of hydrogen-bond donors (Lipinski definition) is 3. The molecule has 0 saturated heterocycles. The van der Waals surface area contributed by atoms with Gasteiger partial charge in [0.25, 0.3) is 0 Å². The van der Waals surface area contributed by atoms with Gasteiger partial charge in [0.2, 0.25) is 10.0 Å². The fraction of sp³-hybridized carbons (Fsp3) is 0.350. The third kappa shape index (κ3) is 5.25. The zero-order valence-corrected chi connectivity index (χ0v) is 17.4. The largest absolute Gasteiger partial charge is 0.357 e. The van der Waals surface area contributed by atoms with Gasteiger partial charge in [-0.1, -0.05) is 35.9 Å². The van der Waals surface area contributed by atoms with Crippen molar-refractivity contribution in [1.29, 1.82) is 0 Å². The van der Waals surface area contributed by atoms with E-state index in [2.05, 4.69) is 21.7 Å². The van der Waals surface area contributed by atoms with Crippen molar-refractivity contribution in [2.45, 2.75) is 36.6 Å². The summed E-state index contributed by atoms with van der Waals surface area (Å²) < 4.78 is 22.7. The Kier molecular flexibility index (Phi) is 6.27. The van der Waals surface area contributed by atoms with Gasteiger partial charge in [-0.2, -0.15) is 0 Å². The number of halogens is 1. The summed E-state index contributed by atoms with van der Waals surface area (Å²) in [6.07, 6.45) is 2.24. The average molecular weight is 421 g/mol. The summed E-state index contributed by atoms with van der Waals surface area (Å²) in [6, 6.07) is 14.5. The van der Waals surface area contributed by atoms with Crippen molar-refractivity contribution in [3.05, 3.63) is 64.7 Å². The number of nitrogens with two attached hydrogens (primary N) is 1. The maximum Gasteiger partial charge on any atom is 0.238 e. The molecule has 150 valence electrons. The first kappa shape index (κ1) is 20.6. The fourth-order valence-corrected chi connectivity index (χ4v) is 3.79. The molecule has 3 rings (SSSR count). The molecular formula is C20H25ClN4O2S. The molecule has 1 aliphatic carbocycles. The van der Waals surface area contributed by atoms with Crippen LogP contribution in [0.5, 0.6) is 0 Å². The van der Waals surface area contributed by atoms with Crippen LogP contribution >= 0.6 is 11.6 Å². The first-order valence-electron chi connectivity index (χ1n) is 9.22. The normalized spacial score (nSPS) is 15.9. The third-order valence-corrected chi connectivity index (χ3v) is 6.06. The van der Waals surface area contributed by atoms with E-state index in [0.717, 1.165) is 42.5 Å². The van der Waals surface area contributed by atoms with Crippen LogP contribution in [0.4, 0.5) is 0 Å². The lowest BCUT2D eigenvalue weighted by molar-refractivity contribution is 0.598. The maximum absolute atomic E-state index is 11.3. The molecule has 0 amide bonds. The van der Waals surface area contributed by atoms with Crippen LogP contribution in [0.3, 0.4) is 0 Å². The van der Waals surface area contributed by atoms with Crippen LogP contribution in [-0.4, -0.2) is 27.5 Å². The molecule has 2 aromatic rings. The van der Waals surface area contributed by atoms with Crippen molar-refractivity contribution in [2.75, 3.05) is 13.1 Å². The zero-order chi connectivity index (χ0) is 20.2. The third-order valence-electron chi connectivity index (χ3n) is 4.90. The topological polar surface area (TPSA) is 96.6 Å². The molecule has 0 bridgehead atoms. The Morgan fingerprint density at radius 3 is 2.46 bits per heavy atom. The molecular weight excluding hydrogens is 396 g/mol. The Hall–Kier alpha value is -2.09. The highest BCUT2D eigenvalue weighted by molar-refractivity contribution is 7.89. The monoisotopic (exact) mass is 420 g/mol. The van der Waals surface area contributed by atoms with Gasteiger partial charge in [-0.3, -0.25) is 0 Å². The molecule has 28 heavy (non-hydrogen) atoms. The fourth-order valence-electron chi connectivity index (χ4n) is 3.09. The molecule has 0 aliphatic heterocycles. The predicted octanol–water partition coefficient (Wildman–Crippen LogP) is 2.77. The van der Waals surface area contributed by atoms with Crippen molar-refractivity contribution in [3.63, 3.8) is 0 Å². The second-order valence-corrected chi connectivity index (χ2v) is 9.03. The quantitative estimate of drug-likeness (QED) is 0.474. The molecule has 1 fully saturated rings. The highest BCUT2D eigenvalue weighted by Crippen LogP contribution is 2.48. The summed E-state index contributed by atoms with van der Waals surface area (Å²) in [6.45, 7) is 3.98. The lowest BCUT2D eigenvalue weighted by Gasteiger charge is -2.19. The molecule has 0 radical (unpaired) electrons. The second kappa shape index (κ2) is 8.51. The zero-order valence-electron chi connectivity index (χ0n) is 15.8. The van der Waals surface area contributed by atoms with Crippen LogP contribution in [0.15, 0.2) is 58.4 Å². The molecule has 0 aromatic heterocycles. The van der Waals surface area contributed by atoms with Crippen LogP contribution in [-0.2, 0) is 22.0 Å². The van der Waals surface area contributed by atoms with Crippen LogP contribution in [0.1, 0.15) is 30.9 Å². The molecule has 8 heteroatoms. The Balaban J connectivity index is 1.65. The van der Waals surface area contributed by atoms with E-state index < -0.39 is 10.0 Å². The SMILES string of the molecule is CCNC(=NCc1ccc(S(N)(=O)=O)cc1)NCC1(c2cccc(Cl)c2)CC1. The average Bonchev–Trinajstić information content (AvgIpc) is 3.45. The van der Waals surface area contributed by atoms with Gasteiger partial charge < -0.3 is 10.6 Å². The van der Waals surface area contributed by atoms with Crippen molar-refractivity contribution in [2.24, 2.45) is 10.1 Å². The lowest BCUT2D eigenvalue weighted by atomic mass is 9.96. The summed E-state index contributed by atoms with van der Waals surface area (Å²) in [4.78, 5) is 4.70. The molecule has 4 N–H and O–H groups in total. The number of nitrogens with one attached hydrogen (secondary N) is 2. The summed E-state index contributed by atoms with van der Waals surface area (Å²) in [5.74, 6) is 0.728. The van der Waals surface area contributed by atoms with Crippen molar-refractivity contribution in [1.82, 2.24) is 10.6 Å². The Labute approximate surface area is 171 Å². The van der Waals surface area contributed by atoms with Crippen LogP contribution in [0.2, 0.25) is 5.02 Å². The molecule has 0 atom stereocenters. The first-order valence-corrected chi connectivity index (χ1v) is 11.1. The summed E-state index contributed by atoms with van der Waals surface area (Å²) in [5, 5.41) is 12.6. The number of nitrogens with zero attached hydrogens (tertiary/aromatic N) is 1. The van der Waals surface area contributed by atoms with E-state index in [1.165, 1.54) is 17.7 Å². The number of hydrogen-bond acceptors (Lipinski definition) is 3. The number of guanidine groups is 1. The first-order chi connectivity index (χ1) is 13.3. The molecule has 0 unspecified atom stereocenters. The molecule has 2 aromatic carbocycles. The maximum atomic E-state index is 11.3. The van der Waals surface area contributed by atoms with E-state index in [9.17, 15) is 8.42 Å². The summed E-state index contributed by atoms with van der Waals surface area (Å²) in [5.41, 5.74) is 2.26. The Bertz CT molecular complexity index is 954. The van der Waals surface area contributed by atoms with Gasteiger partial charge in [0, 0.05) is 23.5 Å². The summed E-state index contributed by atoms with van der Waals surface area (Å²) >= 11 is 6.15. The highest BCUT2D eigenvalue weighted by Gasteiger charge is 2.44. The number of rotatable bonds is 7. The van der Waals surface area contributed by atoms with E-state index in [0.29, 0.717) is 6.54 Å². The van der Waals surface area contributed by atoms with Gasteiger partial charge in [0.15, 0.2) is 5.96 Å². The lowest BCUT2D eigenvalue weighted by Crippen LogP contribution is -2.41. The number of benzene rings is 2. The Morgan fingerprint density at radius 1 is 1.18 bits per heavy atom. The predicted molar refractivity (Wildman–Crippen MR) is 113 cm³/mol. The van der Waals surface area contributed by atoms with Gasteiger partial charge in [0.05, 0.1) is 11.4 Å². The van der Waals surface area contributed by atoms with Gasteiger partial charge >= 0.3 is 0 Å². The van der Waals surface area contributed by atoms with Crippen LogP contribution in [0, 0.1) is 0 Å². The van der Waals surface area contributed by atoms with Gasteiger partial charge in [-0.05, 0) is 55.2 Å². The van der Waals surface area contributed by atoms with Gasteiger partial charge in [0.1, 0.15) is 0 Å². The van der Waals surface area contributed by atoms with E-state index in [4.69, 9.17) is 16.7 Å². The minimum Gasteiger partial charge on any atom is -0.357 e. The molecule has 1 saturated carbocycles. The summed E-state index contributed by atoms with van der Waals surface area (Å²) in [7, 11) is -3.68. The number of sulfonamides is 1. The van der Waals surface area contributed by atoms with Crippen molar-refractivity contribution in [3.8, 4) is 0 Å². The van der Waals surface area contributed by atoms with Gasteiger partial charge in [-0.15, -0.1) is 0 Å². The van der Waals surface area contributed by atoms with E-state index >= 15 is 0 Å². The molecule has 0 heterocycles. The highest BCUT2D eigenvalue weighted by atomic mass is 35.5. The second-order valence-electron chi connectivity index (χ2n) is 7.03. The Morgan fingerprint density at radius 2 is 1.89 bits per heavy atom.